The van der Waals surface area contributed by atoms with E-state index in [1.807, 2.05) is 0 Å². The van der Waals surface area contributed by atoms with Crippen LogP contribution in [-0.2, 0) is 4.79 Å². The largest absolute Gasteiger partial charge is 0.281 e. The van der Waals surface area contributed by atoms with Gasteiger partial charge in [0.1, 0.15) is 0 Å². The first-order valence-electron chi connectivity index (χ1n) is 4.42. The van der Waals surface area contributed by atoms with E-state index < -0.39 is 0 Å². The van der Waals surface area contributed by atoms with Crippen molar-refractivity contribution in [3.05, 3.63) is 11.6 Å². The van der Waals surface area contributed by atoms with Crippen molar-refractivity contribution >= 4 is 16.8 Å². The quantitative estimate of drug-likeness (QED) is 0.477. The third-order valence-electron chi connectivity index (χ3n) is 3.11. The summed E-state index contributed by atoms with van der Waals surface area (Å²) in [7, 11) is 0. The minimum atomic E-state index is -0.164. The summed E-state index contributed by atoms with van der Waals surface area (Å²) in [6, 6.07) is 0. The monoisotopic (exact) mass is 184 g/mol. The maximum absolute atomic E-state index is 11.0. The summed E-state index contributed by atoms with van der Waals surface area (Å²) in [5, 5.41) is -0.164. The van der Waals surface area contributed by atoms with E-state index in [4.69, 9.17) is 11.6 Å². The van der Waals surface area contributed by atoms with Crippen molar-refractivity contribution in [3.63, 3.8) is 0 Å². The summed E-state index contributed by atoms with van der Waals surface area (Å²) in [6.07, 6.45) is 4.72. The molecule has 12 heavy (non-hydrogen) atoms. The van der Waals surface area contributed by atoms with Gasteiger partial charge in [0.2, 0.25) is 5.24 Å². The molecule has 0 radical (unpaired) electrons. The summed E-state index contributed by atoms with van der Waals surface area (Å²) >= 11 is 5.49. The van der Waals surface area contributed by atoms with E-state index in [0.717, 1.165) is 0 Å². The maximum atomic E-state index is 11.0. The molecule has 2 rings (SSSR count). The van der Waals surface area contributed by atoms with Gasteiger partial charge in [0.25, 0.3) is 0 Å². The Balaban J connectivity index is 2.10. The lowest BCUT2D eigenvalue weighted by atomic mass is 10.1. The third kappa shape index (κ3) is 1.20. The molecule has 0 heterocycles. The van der Waals surface area contributed by atoms with Crippen molar-refractivity contribution in [3.8, 4) is 0 Å². The van der Waals surface area contributed by atoms with Crippen LogP contribution in [0.3, 0.4) is 0 Å². The molecule has 2 atom stereocenters. The minimum absolute atomic E-state index is 0.0762. The first-order chi connectivity index (χ1) is 5.53. The van der Waals surface area contributed by atoms with Crippen molar-refractivity contribution in [2.45, 2.75) is 26.7 Å². The number of rotatable bonds is 2. The fourth-order valence-corrected chi connectivity index (χ4v) is 2.33. The predicted octanol–water partition coefficient (Wildman–Crippen LogP) is 2.74. The van der Waals surface area contributed by atoms with E-state index >= 15 is 0 Å². The minimum Gasteiger partial charge on any atom is -0.281 e. The topological polar surface area (TPSA) is 17.1 Å². The molecule has 0 aliphatic heterocycles. The number of hydrogen-bond acceptors (Lipinski definition) is 1. The molecule has 2 aliphatic rings. The molecule has 66 valence electrons. The summed E-state index contributed by atoms with van der Waals surface area (Å²) in [4.78, 5) is 11.0. The molecular weight excluding hydrogens is 172 g/mol. The molecule has 0 aromatic heterocycles. The van der Waals surface area contributed by atoms with Gasteiger partial charge in [-0.1, -0.05) is 25.5 Å². The molecule has 0 spiro atoms. The van der Waals surface area contributed by atoms with Gasteiger partial charge >= 0.3 is 0 Å². The van der Waals surface area contributed by atoms with Crippen molar-refractivity contribution in [1.29, 1.82) is 0 Å². The highest BCUT2D eigenvalue weighted by molar-refractivity contribution is 6.64. The fourth-order valence-electron chi connectivity index (χ4n) is 1.91. The van der Waals surface area contributed by atoms with Crippen LogP contribution < -0.4 is 0 Å². The molecule has 0 aromatic carbocycles. The van der Waals surface area contributed by atoms with Gasteiger partial charge in [0, 0.05) is 5.92 Å². The molecule has 2 heteroatoms. The zero-order valence-corrected chi connectivity index (χ0v) is 8.19. The summed E-state index contributed by atoms with van der Waals surface area (Å²) < 4.78 is 0. The lowest BCUT2D eigenvalue weighted by Crippen LogP contribution is -1.96. The Hall–Kier alpha value is -0.300. The van der Waals surface area contributed by atoms with Crippen molar-refractivity contribution in [2.24, 2.45) is 17.3 Å². The van der Waals surface area contributed by atoms with Crippen molar-refractivity contribution in [1.82, 2.24) is 0 Å². The standard InChI is InChI=1S/C10H13ClO/c1-10(2)7(5-6-3-4-6)8(10)9(11)12/h5,7-8H,3-4H2,1-2H3/t7-,8+/m1/s1. The van der Waals surface area contributed by atoms with Gasteiger partial charge in [-0.15, -0.1) is 0 Å². The molecule has 0 bridgehead atoms. The van der Waals surface area contributed by atoms with Gasteiger partial charge in [-0.05, 0) is 35.8 Å². The highest BCUT2D eigenvalue weighted by Crippen LogP contribution is 2.61. The van der Waals surface area contributed by atoms with Crippen LogP contribution in [0.2, 0.25) is 0 Å². The second kappa shape index (κ2) is 2.35. The number of carbonyl (C=O) groups excluding carboxylic acids is 1. The van der Waals surface area contributed by atoms with E-state index in [2.05, 4.69) is 19.9 Å². The molecule has 0 N–H and O–H groups in total. The average Bonchev–Trinajstić information content (AvgIpc) is 2.75. The molecule has 1 nitrogen and oxygen atoms in total. The van der Waals surface area contributed by atoms with Gasteiger partial charge in [-0.3, -0.25) is 4.79 Å². The van der Waals surface area contributed by atoms with Crippen LogP contribution in [0, 0.1) is 17.3 Å². The Morgan fingerprint density at radius 3 is 2.50 bits per heavy atom. The number of allylic oxidation sites excluding steroid dienone is 2. The van der Waals surface area contributed by atoms with E-state index in [-0.39, 0.29) is 16.6 Å². The molecule has 0 amide bonds. The second-order valence-electron chi connectivity index (χ2n) is 4.45. The predicted molar refractivity (Wildman–Crippen MR) is 48.9 cm³/mol. The lowest BCUT2D eigenvalue weighted by molar-refractivity contribution is -0.113. The maximum Gasteiger partial charge on any atom is 0.225 e. The Kier molecular flexibility index (Phi) is 1.63. The first kappa shape index (κ1) is 8.31. The van der Waals surface area contributed by atoms with E-state index in [1.54, 1.807) is 0 Å². The van der Waals surface area contributed by atoms with E-state index in [1.165, 1.54) is 18.4 Å². The van der Waals surface area contributed by atoms with Gasteiger partial charge in [-0.25, -0.2) is 0 Å². The first-order valence-corrected chi connectivity index (χ1v) is 4.80. The van der Waals surface area contributed by atoms with E-state index in [0.29, 0.717) is 5.92 Å². The van der Waals surface area contributed by atoms with Crippen molar-refractivity contribution in [2.75, 3.05) is 0 Å². The summed E-state index contributed by atoms with van der Waals surface area (Å²) in [5.74, 6) is 0.493. The molecule has 0 aromatic rings. The van der Waals surface area contributed by atoms with Gasteiger partial charge in [-0.2, -0.15) is 0 Å². The lowest BCUT2D eigenvalue weighted by Gasteiger charge is -1.95. The fraction of sp³-hybridized carbons (Fsp3) is 0.700. The Bertz CT molecular complexity index is 259. The van der Waals surface area contributed by atoms with Crippen LogP contribution in [0.25, 0.3) is 0 Å². The molecule has 0 saturated heterocycles. The van der Waals surface area contributed by atoms with Gasteiger partial charge in [0.15, 0.2) is 0 Å². The SMILES string of the molecule is CC1(C)[C@H](C=C2CC2)[C@H]1C(=O)Cl. The molecular formula is C10H13ClO. The smallest absolute Gasteiger partial charge is 0.225 e. The van der Waals surface area contributed by atoms with Crippen LogP contribution >= 0.6 is 11.6 Å². The molecule has 2 fully saturated rings. The van der Waals surface area contributed by atoms with Crippen LogP contribution in [0.15, 0.2) is 11.6 Å². The zero-order chi connectivity index (χ0) is 8.93. The van der Waals surface area contributed by atoms with E-state index in [9.17, 15) is 4.79 Å². The Morgan fingerprint density at radius 2 is 2.17 bits per heavy atom. The number of carbonyl (C=O) groups is 1. The van der Waals surface area contributed by atoms with Gasteiger partial charge < -0.3 is 0 Å². The van der Waals surface area contributed by atoms with Crippen LogP contribution in [0.4, 0.5) is 0 Å². The van der Waals surface area contributed by atoms with Crippen LogP contribution in [0.1, 0.15) is 26.7 Å². The number of hydrogen-bond donors (Lipinski definition) is 0. The van der Waals surface area contributed by atoms with Crippen molar-refractivity contribution < 1.29 is 4.79 Å². The molecule has 2 saturated carbocycles. The highest BCUT2D eigenvalue weighted by atomic mass is 35.5. The molecule has 2 aliphatic carbocycles. The zero-order valence-electron chi connectivity index (χ0n) is 7.43. The second-order valence-corrected chi connectivity index (χ2v) is 4.83. The third-order valence-corrected chi connectivity index (χ3v) is 3.34. The Labute approximate surface area is 77.8 Å². The van der Waals surface area contributed by atoms with Gasteiger partial charge in [0.05, 0.1) is 0 Å². The summed E-state index contributed by atoms with van der Waals surface area (Å²) in [5.41, 5.74) is 1.63. The highest BCUT2D eigenvalue weighted by Gasteiger charge is 2.60. The number of halogens is 1. The normalized spacial score (nSPS) is 36.1. The Morgan fingerprint density at radius 1 is 1.58 bits per heavy atom. The molecule has 0 unspecified atom stereocenters. The average molecular weight is 185 g/mol. The van der Waals surface area contributed by atoms with Crippen LogP contribution in [-0.4, -0.2) is 5.24 Å². The van der Waals surface area contributed by atoms with Crippen LogP contribution in [0.5, 0.6) is 0 Å². The summed E-state index contributed by atoms with van der Waals surface area (Å²) in [6.45, 7) is 4.23.